The standard InChI is InChI=1S/C10H9ClFNO3/c1-4-3-6(10(15)16)9(13-5(2)14)8(12)7(4)11/h3H,1-2H3,(H,13,14)(H,15,16). The molecule has 0 aliphatic carbocycles. The number of carboxylic acid groups (broad SMARTS) is 1. The van der Waals surface area contributed by atoms with E-state index in [0.29, 0.717) is 5.56 Å². The molecule has 0 atom stereocenters. The SMILES string of the molecule is CC(=O)Nc1c(C(=O)O)cc(C)c(Cl)c1F. The number of nitrogens with one attached hydrogen (secondary N) is 1. The lowest BCUT2D eigenvalue weighted by atomic mass is 10.1. The Labute approximate surface area is 96.0 Å². The fourth-order valence-corrected chi connectivity index (χ4v) is 1.37. The molecule has 0 aliphatic rings. The van der Waals surface area contributed by atoms with E-state index in [4.69, 9.17) is 16.7 Å². The molecular formula is C10H9ClFNO3. The predicted octanol–water partition coefficient (Wildman–Crippen LogP) is 2.44. The molecule has 0 saturated carbocycles. The first-order valence-electron chi connectivity index (χ1n) is 4.34. The maximum atomic E-state index is 13.6. The number of hydrogen-bond acceptors (Lipinski definition) is 2. The molecular weight excluding hydrogens is 237 g/mol. The van der Waals surface area contributed by atoms with Gasteiger partial charge in [0, 0.05) is 6.92 Å². The van der Waals surface area contributed by atoms with Crippen LogP contribution in [-0.2, 0) is 4.79 Å². The maximum Gasteiger partial charge on any atom is 0.337 e. The van der Waals surface area contributed by atoms with E-state index in [0.717, 1.165) is 6.92 Å². The van der Waals surface area contributed by atoms with Crippen molar-refractivity contribution in [2.24, 2.45) is 0 Å². The van der Waals surface area contributed by atoms with Crippen LogP contribution in [0.25, 0.3) is 0 Å². The lowest BCUT2D eigenvalue weighted by molar-refractivity contribution is -0.114. The number of rotatable bonds is 2. The Balaban J connectivity index is 3.47. The molecule has 2 N–H and O–H groups in total. The number of hydrogen-bond donors (Lipinski definition) is 2. The van der Waals surface area contributed by atoms with Gasteiger partial charge in [0.2, 0.25) is 5.91 Å². The van der Waals surface area contributed by atoms with Crippen LogP contribution in [0.2, 0.25) is 5.02 Å². The van der Waals surface area contributed by atoms with E-state index in [-0.39, 0.29) is 10.6 Å². The van der Waals surface area contributed by atoms with E-state index in [9.17, 15) is 14.0 Å². The highest BCUT2D eigenvalue weighted by molar-refractivity contribution is 6.32. The van der Waals surface area contributed by atoms with E-state index in [2.05, 4.69) is 5.32 Å². The highest BCUT2D eigenvalue weighted by Crippen LogP contribution is 2.30. The maximum absolute atomic E-state index is 13.6. The van der Waals surface area contributed by atoms with Gasteiger partial charge in [-0.15, -0.1) is 0 Å². The number of carboxylic acids is 1. The Morgan fingerprint density at radius 3 is 2.50 bits per heavy atom. The van der Waals surface area contributed by atoms with Crippen molar-refractivity contribution >= 4 is 29.2 Å². The van der Waals surface area contributed by atoms with Gasteiger partial charge in [-0.1, -0.05) is 11.6 Å². The second kappa shape index (κ2) is 4.49. The smallest absolute Gasteiger partial charge is 0.337 e. The third-order valence-corrected chi connectivity index (χ3v) is 2.38. The minimum absolute atomic E-state index is 0.200. The second-order valence-electron chi connectivity index (χ2n) is 3.23. The van der Waals surface area contributed by atoms with Gasteiger partial charge in [-0.05, 0) is 18.6 Å². The van der Waals surface area contributed by atoms with Crippen molar-refractivity contribution in [2.45, 2.75) is 13.8 Å². The summed E-state index contributed by atoms with van der Waals surface area (Å²) >= 11 is 5.62. The Bertz CT molecular complexity index is 474. The zero-order valence-electron chi connectivity index (χ0n) is 8.60. The summed E-state index contributed by atoms with van der Waals surface area (Å²) in [5.74, 6) is -2.84. The number of carbonyl (C=O) groups is 2. The van der Waals surface area contributed by atoms with Crippen molar-refractivity contribution in [3.05, 3.63) is 28.0 Å². The summed E-state index contributed by atoms with van der Waals surface area (Å²) in [5.41, 5.74) is -0.434. The van der Waals surface area contributed by atoms with Crippen molar-refractivity contribution in [3.63, 3.8) is 0 Å². The molecule has 0 heterocycles. The van der Waals surface area contributed by atoms with Crippen LogP contribution in [0.4, 0.5) is 10.1 Å². The first kappa shape index (κ1) is 12.4. The molecule has 0 aliphatic heterocycles. The predicted molar refractivity (Wildman–Crippen MR) is 57.4 cm³/mol. The van der Waals surface area contributed by atoms with Gasteiger partial charge < -0.3 is 10.4 Å². The zero-order valence-corrected chi connectivity index (χ0v) is 9.35. The van der Waals surface area contributed by atoms with Gasteiger partial charge in [0.1, 0.15) is 0 Å². The number of aryl methyl sites for hydroxylation is 1. The summed E-state index contributed by atoms with van der Waals surface area (Å²) in [4.78, 5) is 21.7. The third kappa shape index (κ3) is 2.30. The first-order valence-corrected chi connectivity index (χ1v) is 4.72. The van der Waals surface area contributed by atoms with Crippen molar-refractivity contribution in [1.29, 1.82) is 0 Å². The molecule has 1 aromatic rings. The van der Waals surface area contributed by atoms with Crippen LogP contribution in [0.3, 0.4) is 0 Å². The summed E-state index contributed by atoms with van der Waals surface area (Å²) in [7, 11) is 0. The van der Waals surface area contributed by atoms with Crippen LogP contribution in [0, 0.1) is 12.7 Å². The van der Waals surface area contributed by atoms with Gasteiger partial charge in [0.05, 0.1) is 16.3 Å². The Morgan fingerprint density at radius 1 is 1.50 bits per heavy atom. The molecule has 6 heteroatoms. The van der Waals surface area contributed by atoms with Gasteiger partial charge in [0.25, 0.3) is 0 Å². The Hall–Kier alpha value is -1.62. The molecule has 1 amide bonds. The van der Waals surface area contributed by atoms with Crippen LogP contribution in [-0.4, -0.2) is 17.0 Å². The highest BCUT2D eigenvalue weighted by Gasteiger charge is 2.20. The number of amides is 1. The van der Waals surface area contributed by atoms with E-state index in [1.165, 1.54) is 13.0 Å². The molecule has 86 valence electrons. The van der Waals surface area contributed by atoms with Crippen LogP contribution in [0.15, 0.2) is 6.07 Å². The fourth-order valence-electron chi connectivity index (χ4n) is 1.22. The van der Waals surface area contributed by atoms with Crippen molar-refractivity contribution in [1.82, 2.24) is 0 Å². The minimum atomic E-state index is -1.33. The summed E-state index contributed by atoms with van der Waals surface area (Å²) in [6.07, 6.45) is 0. The number of anilines is 1. The molecule has 0 radical (unpaired) electrons. The van der Waals surface area contributed by atoms with Crippen LogP contribution >= 0.6 is 11.6 Å². The van der Waals surface area contributed by atoms with Gasteiger partial charge >= 0.3 is 5.97 Å². The zero-order chi connectivity index (χ0) is 12.5. The van der Waals surface area contributed by atoms with Crippen LogP contribution < -0.4 is 5.32 Å². The summed E-state index contributed by atoms with van der Waals surface area (Å²) < 4.78 is 13.6. The molecule has 1 aromatic carbocycles. The number of benzene rings is 1. The normalized spacial score (nSPS) is 10.0. The molecule has 4 nitrogen and oxygen atoms in total. The minimum Gasteiger partial charge on any atom is -0.478 e. The molecule has 0 bridgehead atoms. The molecule has 1 rings (SSSR count). The molecule has 0 fully saturated rings. The van der Waals surface area contributed by atoms with Crippen molar-refractivity contribution in [3.8, 4) is 0 Å². The average Bonchev–Trinajstić information content (AvgIpc) is 2.17. The van der Waals surface area contributed by atoms with Crippen LogP contribution in [0.1, 0.15) is 22.8 Å². The lowest BCUT2D eigenvalue weighted by Gasteiger charge is -2.11. The highest BCUT2D eigenvalue weighted by atomic mass is 35.5. The van der Waals surface area contributed by atoms with Crippen LogP contribution in [0.5, 0.6) is 0 Å². The Kier molecular flexibility index (Phi) is 3.49. The van der Waals surface area contributed by atoms with Gasteiger partial charge in [-0.3, -0.25) is 4.79 Å². The van der Waals surface area contributed by atoms with Gasteiger partial charge in [0.15, 0.2) is 5.82 Å². The molecule has 0 unspecified atom stereocenters. The fraction of sp³-hybridized carbons (Fsp3) is 0.200. The van der Waals surface area contributed by atoms with Gasteiger partial charge in [-0.25, -0.2) is 9.18 Å². The summed E-state index contributed by atoms with van der Waals surface area (Å²) in [6, 6.07) is 1.21. The molecule has 0 saturated heterocycles. The molecule has 0 spiro atoms. The molecule has 16 heavy (non-hydrogen) atoms. The monoisotopic (exact) mass is 245 g/mol. The quantitative estimate of drug-likeness (QED) is 0.841. The van der Waals surface area contributed by atoms with E-state index < -0.39 is 23.4 Å². The topological polar surface area (TPSA) is 66.4 Å². The average molecular weight is 246 g/mol. The Morgan fingerprint density at radius 2 is 2.06 bits per heavy atom. The van der Waals surface area contributed by atoms with E-state index in [1.54, 1.807) is 0 Å². The van der Waals surface area contributed by atoms with Crippen molar-refractivity contribution in [2.75, 3.05) is 5.32 Å². The number of carbonyl (C=O) groups excluding carboxylic acids is 1. The number of halogens is 2. The first-order chi connectivity index (χ1) is 7.34. The lowest BCUT2D eigenvalue weighted by Crippen LogP contribution is -2.13. The summed E-state index contributed by atoms with van der Waals surface area (Å²) in [6.45, 7) is 2.63. The van der Waals surface area contributed by atoms with E-state index >= 15 is 0 Å². The second-order valence-corrected chi connectivity index (χ2v) is 3.61. The molecule has 0 aromatic heterocycles. The third-order valence-electron chi connectivity index (χ3n) is 1.92. The number of aromatic carboxylic acids is 1. The van der Waals surface area contributed by atoms with Gasteiger partial charge in [-0.2, -0.15) is 0 Å². The summed E-state index contributed by atoms with van der Waals surface area (Å²) in [5, 5.41) is 10.8. The largest absolute Gasteiger partial charge is 0.478 e. The van der Waals surface area contributed by atoms with Crippen molar-refractivity contribution < 1.29 is 19.1 Å². The van der Waals surface area contributed by atoms with E-state index in [1.807, 2.05) is 0 Å².